The third kappa shape index (κ3) is 4.06. The number of aryl methyl sites for hydroxylation is 1. The van der Waals surface area contributed by atoms with Crippen molar-refractivity contribution in [2.75, 3.05) is 0 Å². The zero-order valence-electron chi connectivity index (χ0n) is 11.9. The molecule has 104 valence electrons. The van der Waals surface area contributed by atoms with E-state index in [1.807, 2.05) is 11.8 Å². The second-order valence-corrected chi connectivity index (χ2v) is 5.61. The highest BCUT2D eigenvalue weighted by atomic mass is 16.2. The SMILES string of the molecule is CCC(N)CC(=O)N(Cc1ccc(C)cc1)C1CC1. The molecule has 1 aromatic carbocycles. The molecule has 0 bridgehead atoms. The summed E-state index contributed by atoms with van der Waals surface area (Å²) in [7, 11) is 0. The maximum Gasteiger partial charge on any atom is 0.224 e. The average molecular weight is 260 g/mol. The summed E-state index contributed by atoms with van der Waals surface area (Å²) in [5, 5.41) is 0. The normalized spacial score (nSPS) is 16.2. The predicted molar refractivity (Wildman–Crippen MR) is 77.6 cm³/mol. The molecule has 1 saturated carbocycles. The minimum atomic E-state index is -0.00762. The van der Waals surface area contributed by atoms with Crippen molar-refractivity contribution in [2.45, 2.75) is 58.2 Å². The second kappa shape index (κ2) is 6.20. The van der Waals surface area contributed by atoms with Crippen LogP contribution in [0.1, 0.15) is 43.7 Å². The van der Waals surface area contributed by atoms with Gasteiger partial charge < -0.3 is 10.6 Å². The molecule has 1 aromatic rings. The molecule has 1 amide bonds. The molecular formula is C16H24N2O. The number of carbonyl (C=O) groups is 1. The fourth-order valence-corrected chi connectivity index (χ4v) is 2.18. The summed E-state index contributed by atoms with van der Waals surface area (Å²) in [6.45, 7) is 4.83. The Labute approximate surface area is 115 Å². The van der Waals surface area contributed by atoms with E-state index in [0.29, 0.717) is 12.5 Å². The molecule has 1 fully saturated rings. The highest BCUT2D eigenvalue weighted by molar-refractivity contribution is 5.77. The maximum atomic E-state index is 12.3. The van der Waals surface area contributed by atoms with Gasteiger partial charge in [0.2, 0.25) is 5.91 Å². The van der Waals surface area contributed by atoms with Gasteiger partial charge in [-0.25, -0.2) is 0 Å². The van der Waals surface area contributed by atoms with Gasteiger partial charge in [0.25, 0.3) is 0 Å². The zero-order chi connectivity index (χ0) is 13.8. The summed E-state index contributed by atoms with van der Waals surface area (Å²) in [5.74, 6) is 0.206. The lowest BCUT2D eigenvalue weighted by molar-refractivity contribution is -0.132. The molecule has 2 rings (SSSR count). The van der Waals surface area contributed by atoms with E-state index in [0.717, 1.165) is 25.8 Å². The summed E-state index contributed by atoms with van der Waals surface area (Å²) in [5.41, 5.74) is 8.35. The quantitative estimate of drug-likeness (QED) is 0.854. The molecule has 1 atom stereocenters. The first-order chi connectivity index (χ1) is 9.10. The molecule has 0 aromatic heterocycles. The summed E-state index contributed by atoms with van der Waals surface area (Å²) < 4.78 is 0. The lowest BCUT2D eigenvalue weighted by atomic mass is 10.1. The number of hydrogen-bond acceptors (Lipinski definition) is 2. The van der Waals surface area contributed by atoms with Crippen LogP contribution in [0, 0.1) is 6.92 Å². The van der Waals surface area contributed by atoms with E-state index in [9.17, 15) is 4.79 Å². The molecule has 1 aliphatic rings. The van der Waals surface area contributed by atoms with Crippen molar-refractivity contribution in [1.82, 2.24) is 4.90 Å². The molecule has 0 radical (unpaired) electrons. The third-order valence-corrected chi connectivity index (χ3v) is 3.74. The minimum absolute atomic E-state index is 0.00762. The Hall–Kier alpha value is -1.35. The summed E-state index contributed by atoms with van der Waals surface area (Å²) in [6, 6.07) is 8.85. The summed E-state index contributed by atoms with van der Waals surface area (Å²) in [6.07, 6.45) is 3.60. The van der Waals surface area contributed by atoms with Crippen molar-refractivity contribution in [3.63, 3.8) is 0 Å². The van der Waals surface area contributed by atoms with E-state index in [2.05, 4.69) is 31.2 Å². The van der Waals surface area contributed by atoms with Crippen molar-refractivity contribution in [3.05, 3.63) is 35.4 Å². The van der Waals surface area contributed by atoms with Crippen LogP contribution in [0.4, 0.5) is 0 Å². The molecule has 0 heterocycles. The Morgan fingerprint density at radius 2 is 2.00 bits per heavy atom. The summed E-state index contributed by atoms with van der Waals surface area (Å²) in [4.78, 5) is 14.3. The van der Waals surface area contributed by atoms with Crippen LogP contribution < -0.4 is 5.73 Å². The first-order valence-electron chi connectivity index (χ1n) is 7.20. The molecule has 19 heavy (non-hydrogen) atoms. The fourth-order valence-electron chi connectivity index (χ4n) is 2.18. The van der Waals surface area contributed by atoms with Crippen LogP contribution in [0.5, 0.6) is 0 Å². The van der Waals surface area contributed by atoms with E-state index in [4.69, 9.17) is 5.73 Å². The van der Waals surface area contributed by atoms with E-state index in [1.54, 1.807) is 0 Å². The largest absolute Gasteiger partial charge is 0.335 e. The van der Waals surface area contributed by atoms with Gasteiger partial charge in [0.1, 0.15) is 0 Å². The minimum Gasteiger partial charge on any atom is -0.335 e. The van der Waals surface area contributed by atoms with E-state index in [1.165, 1.54) is 11.1 Å². The van der Waals surface area contributed by atoms with Gasteiger partial charge in [-0.15, -0.1) is 0 Å². The molecule has 0 saturated heterocycles. The van der Waals surface area contributed by atoms with Gasteiger partial charge in [0, 0.05) is 25.0 Å². The Morgan fingerprint density at radius 1 is 1.37 bits per heavy atom. The second-order valence-electron chi connectivity index (χ2n) is 5.61. The Kier molecular flexibility index (Phi) is 4.59. The van der Waals surface area contributed by atoms with Crippen molar-refractivity contribution in [2.24, 2.45) is 5.73 Å². The molecular weight excluding hydrogens is 236 g/mol. The van der Waals surface area contributed by atoms with E-state index in [-0.39, 0.29) is 11.9 Å². The molecule has 3 heteroatoms. The van der Waals surface area contributed by atoms with Gasteiger partial charge in [-0.3, -0.25) is 4.79 Å². The lowest BCUT2D eigenvalue weighted by Crippen LogP contribution is -2.36. The topological polar surface area (TPSA) is 46.3 Å². The average Bonchev–Trinajstić information content (AvgIpc) is 3.22. The number of hydrogen-bond donors (Lipinski definition) is 1. The number of amides is 1. The van der Waals surface area contributed by atoms with Crippen molar-refractivity contribution in [3.8, 4) is 0 Å². The maximum absolute atomic E-state index is 12.3. The third-order valence-electron chi connectivity index (χ3n) is 3.74. The van der Waals surface area contributed by atoms with Crippen molar-refractivity contribution in [1.29, 1.82) is 0 Å². The monoisotopic (exact) mass is 260 g/mol. The number of nitrogens with zero attached hydrogens (tertiary/aromatic N) is 1. The number of nitrogens with two attached hydrogens (primary N) is 1. The van der Waals surface area contributed by atoms with E-state index >= 15 is 0 Å². The van der Waals surface area contributed by atoms with Gasteiger partial charge in [-0.2, -0.15) is 0 Å². The first kappa shape index (κ1) is 14.1. The molecule has 1 aliphatic carbocycles. The van der Waals surface area contributed by atoms with Crippen LogP contribution in [0.3, 0.4) is 0 Å². The molecule has 2 N–H and O–H groups in total. The van der Waals surface area contributed by atoms with Gasteiger partial charge in [0.15, 0.2) is 0 Å². The standard InChI is InChI=1S/C16H24N2O/c1-3-14(17)10-16(19)18(15-8-9-15)11-13-6-4-12(2)5-7-13/h4-7,14-15H,3,8-11,17H2,1-2H3. The number of carbonyl (C=O) groups excluding carboxylic acids is 1. The first-order valence-corrected chi connectivity index (χ1v) is 7.20. The molecule has 0 aliphatic heterocycles. The van der Waals surface area contributed by atoms with Gasteiger partial charge in [-0.05, 0) is 31.7 Å². The summed E-state index contributed by atoms with van der Waals surface area (Å²) >= 11 is 0. The Bertz CT molecular complexity index is 423. The van der Waals surface area contributed by atoms with Crippen LogP contribution in [0.15, 0.2) is 24.3 Å². The van der Waals surface area contributed by atoms with Crippen LogP contribution in [-0.2, 0) is 11.3 Å². The van der Waals surface area contributed by atoms with Gasteiger partial charge in [-0.1, -0.05) is 36.8 Å². The zero-order valence-corrected chi connectivity index (χ0v) is 11.9. The molecule has 0 spiro atoms. The molecule has 1 unspecified atom stereocenters. The highest BCUT2D eigenvalue weighted by Gasteiger charge is 2.32. The van der Waals surface area contributed by atoms with Crippen LogP contribution >= 0.6 is 0 Å². The fraction of sp³-hybridized carbons (Fsp3) is 0.562. The van der Waals surface area contributed by atoms with Crippen LogP contribution in [0.25, 0.3) is 0 Å². The van der Waals surface area contributed by atoms with Crippen LogP contribution in [-0.4, -0.2) is 22.9 Å². The Balaban J connectivity index is 2.00. The van der Waals surface area contributed by atoms with Crippen molar-refractivity contribution >= 4 is 5.91 Å². The van der Waals surface area contributed by atoms with Crippen LogP contribution in [0.2, 0.25) is 0 Å². The van der Waals surface area contributed by atoms with Gasteiger partial charge >= 0.3 is 0 Å². The number of benzene rings is 1. The van der Waals surface area contributed by atoms with E-state index < -0.39 is 0 Å². The smallest absolute Gasteiger partial charge is 0.224 e. The number of rotatable bonds is 6. The predicted octanol–water partition coefficient (Wildman–Crippen LogP) is 2.61. The van der Waals surface area contributed by atoms with Gasteiger partial charge in [0.05, 0.1) is 0 Å². The lowest BCUT2D eigenvalue weighted by Gasteiger charge is -2.24. The Morgan fingerprint density at radius 3 is 2.53 bits per heavy atom. The van der Waals surface area contributed by atoms with Crippen molar-refractivity contribution < 1.29 is 4.79 Å². The highest BCUT2D eigenvalue weighted by Crippen LogP contribution is 2.29. The molecule has 3 nitrogen and oxygen atoms in total.